The van der Waals surface area contributed by atoms with Crippen molar-refractivity contribution in [2.75, 3.05) is 17.2 Å². The van der Waals surface area contributed by atoms with Crippen molar-refractivity contribution in [1.82, 2.24) is 25.1 Å². The van der Waals surface area contributed by atoms with E-state index in [4.69, 9.17) is 36.1 Å². The molecule has 0 saturated heterocycles. The number of alkyl carbamates (subject to hydrolysis) is 1. The Morgan fingerprint density at radius 2 is 1.77 bits per heavy atom. The number of nitrogens with zero attached hydrogens (tertiary/aromatic N) is 4. The predicted molar refractivity (Wildman–Crippen MR) is 193 cm³/mol. The van der Waals surface area contributed by atoms with Gasteiger partial charge in [-0.15, -0.1) is 0 Å². The van der Waals surface area contributed by atoms with Gasteiger partial charge in [-0.25, -0.2) is 14.5 Å². The van der Waals surface area contributed by atoms with Crippen molar-refractivity contribution in [2.24, 2.45) is 0 Å². The number of carbonyl (C=O) groups excluding carboxylic acids is 1. The van der Waals surface area contributed by atoms with Crippen LogP contribution in [0.3, 0.4) is 0 Å². The lowest BCUT2D eigenvalue weighted by Gasteiger charge is -2.30. The van der Waals surface area contributed by atoms with Crippen LogP contribution in [0.2, 0.25) is 30.7 Å². The Bertz CT molecular complexity index is 1640. The quantitative estimate of drug-likeness (QED) is 0.101. The van der Waals surface area contributed by atoms with Gasteiger partial charge in [-0.2, -0.15) is 10.1 Å². The summed E-state index contributed by atoms with van der Waals surface area (Å²) in [6, 6.07) is 17.5. The van der Waals surface area contributed by atoms with E-state index in [1.165, 1.54) is 0 Å². The molecule has 2 aromatic heterocycles. The SMILES string of the molecule is CC(C)(C)OC(=O)NC1CCC(Nc2ncc3c(-c4cccc(NCc5ccc(Cl)cc5)c4)nn(COCC[Si](C)(C)C)c3n2)CC1. The Balaban J connectivity index is 1.30. The third-order valence-corrected chi connectivity index (χ3v) is 9.98. The number of rotatable bonds is 12. The number of hydrogen-bond donors (Lipinski definition) is 3. The van der Waals surface area contributed by atoms with Crippen LogP contribution in [0, 0.1) is 0 Å². The summed E-state index contributed by atoms with van der Waals surface area (Å²) in [6.45, 7) is 14.3. The zero-order valence-electron chi connectivity index (χ0n) is 28.4. The maximum Gasteiger partial charge on any atom is 0.407 e. The summed E-state index contributed by atoms with van der Waals surface area (Å²) in [5.41, 5.74) is 4.13. The first-order valence-corrected chi connectivity index (χ1v) is 20.6. The van der Waals surface area contributed by atoms with Crippen molar-refractivity contribution in [1.29, 1.82) is 0 Å². The van der Waals surface area contributed by atoms with Crippen LogP contribution in [-0.4, -0.2) is 58.2 Å². The summed E-state index contributed by atoms with van der Waals surface area (Å²) in [6.07, 6.45) is 4.99. The minimum atomic E-state index is -1.23. The molecule has 1 aliphatic carbocycles. The van der Waals surface area contributed by atoms with Crippen molar-refractivity contribution in [2.45, 2.75) is 103 Å². The Hall–Kier alpha value is -3.67. The lowest BCUT2D eigenvalue weighted by atomic mass is 9.91. The van der Waals surface area contributed by atoms with Crippen molar-refractivity contribution in [3.63, 3.8) is 0 Å². The van der Waals surface area contributed by atoms with Gasteiger partial charge in [-0.05, 0) is 82.3 Å². The molecule has 2 aromatic carbocycles. The average molecular weight is 678 g/mol. The van der Waals surface area contributed by atoms with Crippen LogP contribution >= 0.6 is 11.6 Å². The van der Waals surface area contributed by atoms with Gasteiger partial charge in [0.25, 0.3) is 0 Å². The standard InChI is InChI=1S/C35H48ClN7O3Si/c1-35(2,3)46-34(44)40-28-16-14-27(15-17-28)39-33-38-22-30-31(42-43(32(30)41-33)23-45-18-19-47(4,5)6)25-8-7-9-29(20-25)37-21-24-10-12-26(36)13-11-24/h7-13,20,22,27-28,37H,14-19,21,23H2,1-6H3,(H,40,44)(H,38,39,41). The van der Waals surface area contributed by atoms with E-state index in [1.807, 2.05) is 68.0 Å². The highest BCUT2D eigenvalue weighted by Gasteiger charge is 2.26. The molecule has 10 nitrogen and oxygen atoms in total. The fourth-order valence-corrected chi connectivity index (χ4v) is 6.37. The van der Waals surface area contributed by atoms with Crippen molar-refractivity contribution < 1.29 is 14.3 Å². The summed E-state index contributed by atoms with van der Waals surface area (Å²) in [5.74, 6) is 0.564. The molecule has 5 rings (SSSR count). The van der Waals surface area contributed by atoms with Gasteiger partial charge < -0.3 is 25.4 Å². The number of amides is 1. The summed E-state index contributed by atoms with van der Waals surface area (Å²) < 4.78 is 13.4. The summed E-state index contributed by atoms with van der Waals surface area (Å²) in [5, 5.41) is 16.6. The molecule has 4 aromatic rings. The highest BCUT2D eigenvalue weighted by molar-refractivity contribution is 6.76. The molecule has 0 radical (unpaired) electrons. The Morgan fingerprint density at radius 1 is 1.04 bits per heavy atom. The minimum absolute atomic E-state index is 0.0973. The predicted octanol–water partition coefficient (Wildman–Crippen LogP) is 8.32. The molecule has 2 heterocycles. The monoisotopic (exact) mass is 677 g/mol. The first kappa shape index (κ1) is 34.7. The molecule has 1 amide bonds. The summed E-state index contributed by atoms with van der Waals surface area (Å²) >= 11 is 6.05. The normalized spacial score (nSPS) is 17.0. The van der Waals surface area contributed by atoms with Crippen LogP contribution in [0.15, 0.2) is 54.7 Å². The van der Waals surface area contributed by atoms with Crippen LogP contribution in [-0.2, 0) is 22.7 Å². The number of benzene rings is 2. The van der Waals surface area contributed by atoms with Crippen LogP contribution in [0.4, 0.5) is 16.4 Å². The first-order chi connectivity index (χ1) is 22.3. The molecule has 1 aliphatic rings. The fourth-order valence-electron chi connectivity index (χ4n) is 5.48. The number of nitrogens with one attached hydrogen (secondary N) is 3. The zero-order valence-corrected chi connectivity index (χ0v) is 30.2. The Labute approximate surface area is 284 Å². The van der Waals surface area contributed by atoms with Crippen LogP contribution in [0.25, 0.3) is 22.3 Å². The van der Waals surface area contributed by atoms with Gasteiger partial charge in [0.05, 0.1) is 5.39 Å². The molecule has 0 bridgehead atoms. The van der Waals surface area contributed by atoms with E-state index < -0.39 is 13.7 Å². The number of aromatic nitrogens is 4. The fraction of sp³-hybridized carbons (Fsp3) is 0.486. The van der Waals surface area contributed by atoms with Gasteiger partial charge in [0, 0.05) is 55.8 Å². The molecule has 0 aliphatic heterocycles. The molecule has 0 unspecified atom stereocenters. The van der Waals surface area contributed by atoms with Crippen molar-refractivity contribution >= 4 is 48.4 Å². The highest BCUT2D eigenvalue weighted by atomic mass is 35.5. The lowest BCUT2D eigenvalue weighted by molar-refractivity contribution is 0.0492. The van der Waals surface area contributed by atoms with Gasteiger partial charge >= 0.3 is 6.09 Å². The molecular weight excluding hydrogens is 630 g/mol. The topological polar surface area (TPSA) is 115 Å². The third kappa shape index (κ3) is 10.4. The van der Waals surface area contributed by atoms with E-state index >= 15 is 0 Å². The third-order valence-electron chi connectivity index (χ3n) is 8.03. The molecule has 12 heteroatoms. The molecule has 3 N–H and O–H groups in total. The number of ether oxygens (including phenoxy) is 2. The number of carbonyl (C=O) groups is 1. The van der Waals surface area contributed by atoms with E-state index in [0.29, 0.717) is 25.8 Å². The van der Waals surface area contributed by atoms with E-state index in [2.05, 4.69) is 47.7 Å². The van der Waals surface area contributed by atoms with Crippen LogP contribution in [0.1, 0.15) is 52.0 Å². The van der Waals surface area contributed by atoms with Gasteiger partial charge in [0.1, 0.15) is 18.0 Å². The summed E-state index contributed by atoms with van der Waals surface area (Å²) in [4.78, 5) is 21.9. The first-order valence-electron chi connectivity index (χ1n) is 16.5. The van der Waals surface area contributed by atoms with Gasteiger partial charge in [0.15, 0.2) is 5.65 Å². The maximum atomic E-state index is 12.2. The number of halogens is 1. The minimum Gasteiger partial charge on any atom is -0.444 e. The zero-order chi connectivity index (χ0) is 33.6. The second kappa shape index (κ2) is 15.0. The highest BCUT2D eigenvalue weighted by Crippen LogP contribution is 2.30. The molecule has 0 atom stereocenters. The maximum absolute atomic E-state index is 12.2. The molecule has 47 heavy (non-hydrogen) atoms. The van der Waals surface area contributed by atoms with Crippen LogP contribution < -0.4 is 16.0 Å². The Kier molecular flexibility index (Phi) is 11.1. The molecule has 1 saturated carbocycles. The van der Waals surface area contributed by atoms with Crippen molar-refractivity contribution in [3.8, 4) is 11.3 Å². The van der Waals surface area contributed by atoms with E-state index in [0.717, 1.165) is 70.3 Å². The van der Waals surface area contributed by atoms with Gasteiger partial charge in [-0.1, -0.05) is 55.5 Å². The second-order valence-electron chi connectivity index (χ2n) is 14.5. The summed E-state index contributed by atoms with van der Waals surface area (Å²) in [7, 11) is -1.23. The van der Waals surface area contributed by atoms with E-state index in [1.54, 1.807) is 0 Å². The molecule has 252 valence electrons. The van der Waals surface area contributed by atoms with Crippen molar-refractivity contribution in [3.05, 3.63) is 65.3 Å². The number of hydrogen-bond acceptors (Lipinski definition) is 8. The largest absolute Gasteiger partial charge is 0.444 e. The number of fused-ring (bicyclic) bond motifs is 1. The lowest BCUT2D eigenvalue weighted by Crippen LogP contribution is -2.42. The molecular formula is C35H48ClN7O3Si. The van der Waals surface area contributed by atoms with E-state index in [-0.39, 0.29) is 18.2 Å². The molecule has 1 fully saturated rings. The Morgan fingerprint density at radius 3 is 2.47 bits per heavy atom. The smallest absolute Gasteiger partial charge is 0.407 e. The second-order valence-corrected chi connectivity index (χ2v) is 20.6. The average Bonchev–Trinajstić information content (AvgIpc) is 3.36. The number of anilines is 2. The van der Waals surface area contributed by atoms with Crippen LogP contribution in [0.5, 0.6) is 0 Å². The van der Waals surface area contributed by atoms with E-state index in [9.17, 15) is 4.79 Å². The van der Waals surface area contributed by atoms with Gasteiger partial charge in [0.2, 0.25) is 5.95 Å². The molecule has 0 spiro atoms. The van der Waals surface area contributed by atoms with Gasteiger partial charge in [-0.3, -0.25) is 0 Å².